The van der Waals surface area contributed by atoms with E-state index in [0.29, 0.717) is 0 Å². The molecule has 2 rings (SSSR count). The van der Waals surface area contributed by atoms with E-state index in [9.17, 15) is 9.90 Å². The SMILES string of the molecule is Cc1ccc(C(=O)N2CCCCCC2CO)cc1C. The highest BCUT2D eigenvalue weighted by Gasteiger charge is 2.25. The van der Waals surface area contributed by atoms with Gasteiger partial charge in [-0.1, -0.05) is 18.9 Å². The number of carbonyl (C=O) groups excluding carboxylic acids is 1. The van der Waals surface area contributed by atoms with Crippen molar-refractivity contribution in [3.05, 3.63) is 34.9 Å². The van der Waals surface area contributed by atoms with Gasteiger partial charge in [-0.2, -0.15) is 0 Å². The fraction of sp³-hybridized carbons (Fsp3) is 0.562. The van der Waals surface area contributed by atoms with E-state index in [4.69, 9.17) is 0 Å². The topological polar surface area (TPSA) is 40.5 Å². The second-order valence-electron chi connectivity index (χ2n) is 5.48. The van der Waals surface area contributed by atoms with Crippen molar-refractivity contribution >= 4 is 5.91 Å². The lowest BCUT2D eigenvalue weighted by Gasteiger charge is -2.29. The van der Waals surface area contributed by atoms with Crippen LogP contribution in [0.5, 0.6) is 0 Å². The van der Waals surface area contributed by atoms with E-state index < -0.39 is 0 Å². The molecule has 1 aromatic carbocycles. The van der Waals surface area contributed by atoms with Gasteiger partial charge in [0.25, 0.3) is 5.91 Å². The molecule has 1 N–H and O–H groups in total. The molecule has 1 amide bonds. The molecule has 104 valence electrons. The highest BCUT2D eigenvalue weighted by atomic mass is 16.3. The summed E-state index contributed by atoms with van der Waals surface area (Å²) < 4.78 is 0. The van der Waals surface area contributed by atoms with E-state index in [2.05, 4.69) is 0 Å². The number of carbonyl (C=O) groups is 1. The molecule has 1 unspecified atom stereocenters. The number of hydrogen-bond acceptors (Lipinski definition) is 2. The van der Waals surface area contributed by atoms with Crippen molar-refractivity contribution in [1.82, 2.24) is 4.90 Å². The van der Waals surface area contributed by atoms with Crippen LogP contribution in [-0.4, -0.2) is 35.1 Å². The Balaban J connectivity index is 2.22. The van der Waals surface area contributed by atoms with Gasteiger partial charge in [0.15, 0.2) is 0 Å². The van der Waals surface area contributed by atoms with Crippen LogP contribution in [0.25, 0.3) is 0 Å². The van der Waals surface area contributed by atoms with Gasteiger partial charge in [0.2, 0.25) is 0 Å². The summed E-state index contributed by atoms with van der Waals surface area (Å²) in [4.78, 5) is 14.5. The Morgan fingerprint density at radius 2 is 2.05 bits per heavy atom. The minimum absolute atomic E-state index is 0.0170. The molecule has 0 saturated carbocycles. The van der Waals surface area contributed by atoms with Crippen LogP contribution in [0, 0.1) is 13.8 Å². The second-order valence-corrected chi connectivity index (χ2v) is 5.48. The van der Waals surface area contributed by atoms with Gasteiger partial charge >= 0.3 is 0 Å². The zero-order valence-electron chi connectivity index (χ0n) is 11.9. The maximum Gasteiger partial charge on any atom is 0.254 e. The molecule has 0 aromatic heterocycles. The average molecular weight is 261 g/mol. The number of aliphatic hydroxyl groups is 1. The van der Waals surface area contributed by atoms with Gasteiger partial charge in [-0.15, -0.1) is 0 Å². The molecule has 0 bridgehead atoms. The fourth-order valence-corrected chi connectivity index (χ4v) is 2.67. The predicted octanol–water partition coefficient (Wildman–Crippen LogP) is 2.68. The Morgan fingerprint density at radius 1 is 1.26 bits per heavy atom. The summed E-state index contributed by atoms with van der Waals surface area (Å²) in [5, 5.41) is 9.49. The number of benzene rings is 1. The molecule has 1 atom stereocenters. The summed E-state index contributed by atoms with van der Waals surface area (Å²) >= 11 is 0. The van der Waals surface area contributed by atoms with E-state index in [1.165, 1.54) is 5.56 Å². The van der Waals surface area contributed by atoms with Crippen molar-refractivity contribution < 1.29 is 9.90 Å². The first-order valence-corrected chi connectivity index (χ1v) is 7.12. The Kier molecular flexibility index (Phi) is 4.59. The third kappa shape index (κ3) is 3.16. The third-order valence-electron chi connectivity index (χ3n) is 4.10. The van der Waals surface area contributed by atoms with Gasteiger partial charge in [-0.25, -0.2) is 0 Å². The maximum absolute atomic E-state index is 12.6. The van der Waals surface area contributed by atoms with E-state index in [0.717, 1.165) is 43.4 Å². The normalized spacial score (nSPS) is 20.2. The van der Waals surface area contributed by atoms with Gasteiger partial charge in [0, 0.05) is 12.1 Å². The first kappa shape index (κ1) is 14.1. The number of nitrogens with zero attached hydrogens (tertiary/aromatic N) is 1. The fourth-order valence-electron chi connectivity index (χ4n) is 2.67. The number of aryl methyl sites for hydroxylation is 2. The summed E-state index contributed by atoms with van der Waals surface area (Å²) in [6.07, 6.45) is 4.19. The zero-order valence-corrected chi connectivity index (χ0v) is 11.9. The van der Waals surface area contributed by atoms with Gasteiger partial charge in [-0.3, -0.25) is 4.79 Å². The van der Waals surface area contributed by atoms with Crippen molar-refractivity contribution in [2.24, 2.45) is 0 Å². The number of rotatable bonds is 2. The molecule has 0 spiro atoms. The largest absolute Gasteiger partial charge is 0.394 e. The Morgan fingerprint density at radius 3 is 2.74 bits per heavy atom. The van der Waals surface area contributed by atoms with Crippen LogP contribution in [-0.2, 0) is 0 Å². The minimum atomic E-state index is -0.0170. The molecule has 3 nitrogen and oxygen atoms in total. The minimum Gasteiger partial charge on any atom is -0.394 e. The highest BCUT2D eigenvalue weighted by molar-refractivity contribution is 5.94. The maximum atomic E-state index is 12.6. The predicted molar refractivity (Wildman–Crippen MR) is 76.3 cm³/mol. The van der Waals surface area contributed by atoms with E-state index in [1.807, 2.05) is 36.9 Å². The Labute approximate surface area is 115 Å². The quantitative estimate of drug-likeness (QED) is 0.889. The highest BCUT2D eigenvalue weighted by Crippen LogP contribution is 2.20. The Bertz CT molecular complexity index is 456. The van der Waals surface area contributed by atoms with Crippen LogP contribution in [0.1, 0.15) is 47.2 Å². The standard InChI is InChI=1S/C16H23NO2/c1-12-7-8-14(10-13(12)2)16(19)17-9-5-3-4-6-15(17)11-18/h7-8,10,15,18H,3-6,9,11H2,1-2H3. The molecule has 1 fully saturated rings. The molecule has 0 aliphatic carbocycles. The van der Waals surface area contributed by atoms with Crippen LogP contribution in [0.3, 0.4) is 0 Å². The van der Waals surface area contributed by atoms with Gasteiger partial charge in [0.1, 0.15) is 0 Å². The molecule has 1 saturated heterocycles. The van der Waals surface area contributed by atoms with Gasteiger partial charge < -0.3 is 10.0 Å². The van der Waals surface area contributed by atoms with Crippen LogP contribution < -0.4 is 0 Å². The van der Waals surface area contributed by atoms with Crippen molar-refractivity contribution in [2.75, 3.05) is 13.2 Å². The summed E-state index contributed by atoms with van der Waals surface area (Å²) in [5.41, 5.74) is 3.08. The van der Waals surface area contributed by atoms with Crippen LogP contribution in [0.15, 0.2) is 18.2 Å². The van der Waals surface area contributed by atoms with Crippen molar-refractivity contribution in [3.8, 4) is 0 Å². The zero-order chi connectivity index (χ0) is 13.8. The summed E-state index contributed by atoms with van der Waals surface area (Å²) in [6.45, 7) is 4.90. The number of hydrogen-bond donors (Lipinski definition) is 1. The average Bonchev–Trinajstić information content (AvgIpc) is 2.66. The first-order valence-electron chi connectivity index (χ1n) is 7.12. The monoisotopic (exact) mass is 261 g/mol. The molecular weight excluding hydrogens is 238 g/mol. The lowest BCUT2D eigenvalue weighted by atomic mass is 10.0. The molecule has 1 aromatic rings. The van der Waals surface area contributed by atoms with E-state index in [-0.39, 0.29) is 18.6 Å². The number of likely N-dealkylation sites (tertiary alicyclic amines) is 1. The molecule has 1 aliphatic heterocycles. The van der Waals surface area contributed by atoms with Crippen LogP contribution >= 0.6 is 0 Å². The lowest BCUT2D eigenvalue weighted by Crippen LogP contribution is -2.42. The second kappa shape index (κ2) is 6.20. The number of aliphatic hydroxyl groups excluding tert-OH is 1. The van der Waals surface area contributed by atoms with E-state index in [1.54, 1.807) is 0 Å². The van der Waals surface area contributed by atoms with Gasteiger partial charge in [0.05, 0.1) is 12.6 Å². The van der Waals surface area contributed by atoms with Crippen LogP contribution in [0.4, 0.5) is 0 Å². The lowest BCUT2D eigenvalue weighted by molar-refractivity contribution is 0.0599. The molecule has 1 heterocycles. The number of amides is 1. The van der Waals surface area contributed by atoms with Crippen molar-refractivity contribution in [1.29, 1.82) is 0 Å². The summed E-state index contributed by atoms with van der Waals surface area (Å²) in [5.74, 6) is 0.0593. The van der Waals surface area contributed by atoms with Crippen LogP contribution in [0.2, 0.25) is 0 Å². The molecule has 3 heteroatoms. The van der Waals surface area contributed by atoms with Crippen molar-refractivity contribution in [3.63, 3.8) is 0 Å². The molecular formula is C16H23NO2. The smallest absolute Gasteiger partial charge is 0.254 e. The molecule has 19 heavy (non-hydrogen) atoms. The summed E-state index contributed by atoms with van der Waals surface area (Å²) in [7, 11) is 0. The molecule has 1 aliphatic rings. The van der Waals surface area contributed by atoms with Gasteiger partial charge in [-0.05, 0) is 49.9 Å². The first-order chi connectivity index (χ1) is 9.13. The molecule has 0 radical (unpaired) electrons. The third-order valence-corrected chi connectivity index (χ3v) is 4.10. The van der Waals surface area contributed by atoms with E-state index >= 15 is 0 Å². The summed E-state index contributed by atoms with van der Waals surface area (Å²) in [6, 6.07) is 5.83. The van der Waals surface area contributed by atoms with Crippen molar-refractivity contribution in [2.45, 2.75) is 45.6 Å². The Hall–Kier alpha value is -1.35.